The number of hydrogen-bond acceptors (Lipinski definition) is 7. The molecule has 13 heteroatoms. The van der Waals surface area contributed by atoms with Crippen molar-refractivity contribution in [3.63, 3.8) is 0 Å². The summed E-state index contributed by atoms with van der Waals surface area (Å²) in [6.45, 7) is 0. The van der Waals surface area contributed by atoms with E-state index in [0.29, 0.717) is 11.5 Å². The summed E-state index contributed by atoms with van der Waals surface area (Å²) in [5.41, 5.74) is 6.85. The summed E-state index contributed by atoms with van der Waals surface area (Å²) < 4.78 is 57.5. The van der Waals surface area contributed by atoms with Crippen LogP contribution in [0.5, 0.6) is 0 Å². The van der Waals surface area contributed by atoms with E-state index in [1.807, 2.05) is 30.3 Å². The third-order valence-electron chi connectivity index (χ3n) is 2.25. The molecule has 8 nitrogen and oxygen atoms in total. The fourth-order valence-electron chi connectivity index (χ4n) is 1.17. The number of anilines is 2. The molecule has 0 bridgehead atoms. The van der Waals surface area contributed by atoms with Crippen LogP contribution in [0.2, 0.25) is 0 Å². The average Bonchev–Trinajstić information content (AvgIpc) is 2.46. The second kappa shape index (κ2) is 9.15. The Balaban J connectivity index is 0.000000552. The Morgan fingerprint density at radius 1 is 1.00 bits per heavy atom. The van der Waals surface area contributed by atoms with Crippen LogP contribution in [-0.4, -0.2) is 23.5 Å². The summed E-state index contributed by atoms with van der Waals surface area (Å²) in [5, 5.41) is 8.03. The molecule has 0 saturated heterocycles. The van der Waals surface area contributed by atoms with Gasteiger partial charge < -0.3 is 11.5 Å². The summed E-state index contributed by atoms with van der Waals surface area (Å²) in [4.78, 5) is 3.89. The highest BCUT2D eigenvalue weighted by atomic mass is 35.5. The largest absolute Gasteiger partial charge is 0.522 e. The SMILES string of the molecule is Cl.Nc1ccc(/N=N/c2ccccc2)c(N)n1.O=S(=O)(O)C(F)(F)F. The Morgan fingerprint density at radius 3 is 1.96 bits per heavy atom. The maximum atomic E-state index is 10.7. The van der Waals surface area contributed by atoms with Crippen LogP contribution in [-0.2, 0) is 10.1 Å². The summed E-state index contributed by atoms with van der Waals surface area (Å²) in [5.74, 6) is 0.649. The van der Waals surface area contributed by atoms with E-state index in [9.17, 15) is 13.2 Å². The van der Waals surface area contributed by atoms with Gasteiger partial charge in [-0.2, -0.15) is 26.7 Å². The lowest BCUT2D eigenvalue weighted by Crippen LogP contribution is -2.21. The molecule has 5 N–H and O–H groups in total. The van der Waals surface area contributed by atoms with Gasteiger partial charge in [0.2, 0.25) is 0 Å². The summed E-state index contributed by atoms with van der Waals surface area (Å²) >= 11 is 0. The van der Waals surface area contributed by atoms with Crippen molar-refractivity contribution >= 4 is 45.5 Å². The molecule has 25 heavy (non-hydrogen) atoms. The van der Waals surface area contributed by atoms with E-state index in [1.165, 1.54) is 0 Å². The molecular weight excluding hydrogens is 387 g/mol. The first-order chi connectivity index (χ1) is 11.0. The van der Waals surface area contributed by atoms with Crippen molar-refractivity contribution < 1.29 is 26.1 Å². The molecule has 0 aliphatic carbocycles. The van der Waals surface area contributed by atoms with Crippen LogP contribution in [0.4, 0.5) is 36.2 Å². The van der Waals surface area contributed by atoms with Crippen LogP contribution in [0.1, 0.15) is 0 Å². The topological polar surface area (TPSA) is 144 Å². The second-order valence-corrected chi connectivity index (χ2v) is 5.51. The lowest BCUT2D eigenvalue weighted by Gasteiger charge is -1.98. The van der Waals surface area contributed by atoms with Gasteiger partial charge in [-0.3, -0.25) is 4.55 Å². The lowest BCUT2D eigenvalue weighted by molar-refractivity contribution is -0.0510. The standard InChI is InChI=1S/C11H11N5.CHF3O3S.ClH/c12-10-7-6-9(11(13)14-10)16-15-8-4-2-1-3-5-8;2-1(3,4)8(5,6)7;/h1-7H,(H4,12,13,14);(H,5,6,7);1H/b16-15+;;. The number of halogens is 4. The van der Waals surface area contributed by atoms with Crippen molar-refractivity contribution in [2.24, 2.45) is 10.2 Å². The molecule has 2 aromatic rings. The summed E-state index contributed by atoms with van der Waals surface area (Å²) in [6, 6.07) is 12.7. The highest BCUT2D eigenvalue weighted by molar-refractivity contribution is 7.86. The van der Waals surface area contributed by atoms with Gasteiger partial charge in [0.05, 0.1) is 5.69 Å². The monoisotopic (exact) mass is 399 g/mol. The van der Waals surface area contributed by atoms with Crippen LogP contribution < -0.4 is 11.5 Å². The normalized spacial score (nSPS) is 11.4. The van der Waals surface area contributed by atoms with E-state index in [2.05, 4.69) is 15.2 Å². The number of aromatic nitrogens is 1. The molecule has 1 aromatic heterocycles. The molecule has 0 radical (unpaired) electrons. The van der Waals surface area contributed by atoms with Gasteiger partial charge in [0.1, 0.15) is 11.5 Å². The van der Waals surface area contributed by atoms with Gasteiger partial charge in [-0.1, -0.05) is 18.2 Å². The van der Waals surface area contributed by atoms with E-state index < -0.39 is 15.6 Å². The van der Waals surface area contributed by atoms with Crippen LogP contribution in [0.3, 0.4) is 0 Å². The Morgan fingerprint density at radius 2 is 1.52 bits per heavy atom. The fourth-order valence-corrected chi connectivity index (χ4v) is 1.17. The molecule has 0 amide bonds. The predicted molar refractivity (Wildman–Crippen MR) is 88.5 cm³/mol. The van der Waals surface area contributed by atoms with Crippen molar-refractivity contribution in [3.05, 3.63) is 42.5 Å². The number of pyridine rings is 1. The molecule has 0 spiro atoms. The molecule has 138 valence electrons. The highest BCUT2D eigenvalue weighted by Gasteiger charge is 2.44. The smallest absolute Gasteiger partial charge is 0.384 e. The minimum atomic E-state index is -5.84. The van der Waals surface area contributed by atoms with Crippen molar-refractivity contribution in [2.75, 3.05) is 11.5 Å². The van der Waals surface area contributed by atoms with Gasteiger partial charge in [-0.05, 0) is 24.3 Å². The quantitative estimate of drug-likeness (QED) is 0.400. The fraction of sp³-hybridized carbons (Fsp3) is 0.0833. The molecule has 1 aromatic carbocycles. The van der Waals surface area contributed by atoms with Crippen molar-refractivity contribution in [1.29, 1.82) is 0 Å². The van der Waals surface area contributed by atoms with Gasteiger partial charge in [-0.25, -0.2) is 4.98 Å². The van der Waals surface area contributed by atoms with E-state index >= 15 is 0 Å². The molecule has 1 heterocycles. The predicted octanol–water partition coefficient (Wildman–Crippen LogP) is 3.48. The molecule has 0 aliphatic rings. The van der Waals surface area contributed by atoms with Crippen LogP contribution in [0, 0.1) is 0 Å². The molecule has 2 rings (SSSR count). The van der Waals surface area contributed by atoms with E-state index in [0.717, 1.165) is 5.69 Å². The van der Waals surface area contributed by atoms with Gasteiger partial charge in [0, 0.05) is 0 Å². The average molecular weight is 400 g/mol. The number of nitrogens with two attached hydrogens (primary N) is 2. The van der Waals surface area contributed by atoms with Crippen LogP contribution in [0.25, 0.3) is 0 Å². The van der Waals surface area contributed by atoms with Gasteiger partial charge >= 0.3 is 15.6 Å². The number of benzene rings is 1. The first-order valence-electron chi connectivity index (χ1n) is 6.03. The number of alkyl halides is 3. The minimum absolute atomic E-state index is 0. The van der Waals surface area contributed by atoms with E-state index in [4.69, 9.17) is 24.4 Å². The second-order valence-electron chi connectivity index (χ2n) is 4.10. The van der Waals surface area contributed by atoms with E-state index in [1.54, 1.807) is 12.1 Å². The molecule has 0 fully saturated rings. The Labute approximate surface area is 146 Å². The third-order valence-corrected chi connectivity index (χ3v) is 2.83. The van der Waals surface area contributed by atoms with E-state index in [-0.39, 0.29) is 18.2 Å². The zero-order valence-corrected chi connectivity index (χ0v) is 13.9. The number of azo groups is 1. The van der Waals surface area contributed by atoms with Crippen LogP contribution in [0.15, 0.2) is 52.7 Å². The highest BCUT2D eigenvalue weighted by Crippen LogP contribution is 2.23. The van der Waals surface area contributed by atoms with Gasteiger partial charge in [-0.15, -0.1) is 17.5 Å². The summed E-state index contributed by atoms with van der Waals surface area (Å²) in [6.07, 6.45) is 0. The van der Waals surface area contributed by atoms with Crippen molar-refractivity contribution in [3.8, 4) is 0 Å². The zero-order valence-electron chi connectivity index (χ0n) is 12.3. The van der Waals surface area contributed by atoms with Crippen molar-refractivity contribution in [1.82, 2.24) is 4.98 Å². The number of nitrogen functional groups attached to an aromatic ring is 2. The molecular formula is C12H13ClF3N5O3S. The third kappa shape index (κ3) is 7.78. The number of hydrogen-bond donors (Lipinski definition) is 3. The maximum absolute atomic E-state index is 10.7. The first-order valence-corrected chi connectivity index (χ1v) is 7.47. The summed E-state index contributed by atoms with van der Waals surface area (Å²) in [7, 11) is -5.84. The lowest BCUT2D eigenvalue weighted by atomic mass is 10.3. The van der Waals surface area contributed by atoms with Gasteiger partial charge in [0.15, 0.2) is 5.82 Å². The first kappa shape index (κ1) is 22.6. The number of rotatable bonds is 2. The molecule has 0 unspecified atom stereocenters. The Hall–Kier alpha value is -2.44. The van der Waals surface area contributed by atoms with Gasteiger partial charge in [0.25, 0.3) is 0 Å². The molecule has 0 saturated carbocycles. The van der Waals surface area contributed by atoms with Crippen LogP contribution >= 0.6 is 12.4 Å². The minimum Gasteiger partial charge on any atom is -0.384 e. The molecule has 0 atom stereocenters. The Kier molecular flexibility index (Phi) is 8.26. The Bertz CT molecular complexity index is 816. The number of nitrogens with zero attached hydrogens (tertiary/aromatic N) is 3. The van der Waals surface area contributed by atoms with Crippen molar-refractivity contribution in [2.45, 2.75) is 5.51 Å². The zero-order chi connectivity index (χ0) is 18.4. The maximum Gasteiger partial charge on any atom is 0.522 e. The molecule has 0 aliphatic heterocycles.